The third-order valence-corrected chi connectivity index (χ3v) is 7.58. The lowest BCUT2D eigenvalue weighted by Gasteiger charge is -2.23. The minimum atomic E-state index is 0.844. The Labute approximate surface area is 167 Å². The number of anilines is 1. The summed E-state index contributed by atoms with van der Waals surface area (Å²) in [4.78, 5) is 15.6. The van der Waals surface area contributed by atoms with Gasteiger partial charge in [-0.2, -0.15) is 0 Å². The van der Waals surface area contributed by atoms with Crippen LogP contribution in [0.5, 0.6) is 0 Å². The summed E-state index contributed by atoms with van der Waals surface area (Å²) < 4.78 is 5.49. The van der Waals surface area contributed by atoms with Crippen LogP contribution in [-0.2, 0) is 30.5 Å². The van der Waals surface area contributed by atoms with Gasteiger partial charge in [0.15, 0.2) is 5.82 Å². The Hall–Kier alpha value is -1.54. The summed E-state index contributed by atoms with van der Waals surface area (Å²) in [5.41, 5.74) is 1.50. The fourth-order valence-electron chi connectivity index (χ4n) is 4.07. The number of nitrogens with one attached hydrogen (secondary N) is 2. The van der Waals surface area contributed by atoms with Gasteiger partial charge >= 0.3 is 0 Å². The number of rotatable bonds is 6. The first-order chi connectivity index (χ1) is 13.4. The summed E-state index contributed by atoms with van der Waals surface area (Å²) in [7, 11) is 0. The topological polar surface area (TPSA) is 51.5 Å². The molecule has 0 radical (unpaired) electrons. The molecule has 0 atom stereocenters. The Morgan fingerprint density at radius 1 is 1.19 bits per heavy atom. The van der Waals surface area contributed by atoms with Crippen molar-refractivity contribution in [3.8, 4) is 0 Å². The third kappa shape index (κ3) is 3.74. The normalized spacial score (nSPS) is 17.5. The van der Waals surface area contributed by atoms with Crippen LogP contribution in [-0.4, -0.2) is 42.8 Å². The molecule has 1 saturated heterocycles. The number of ether oxygens (including phenoxy) is 1. The van der Waals surface area contributed by atoms with Gasteiger partial charge in [-0.3, -0.25) is 0 Å². The van der Waals surface area contributed by atoms with Crippen LogP contribution in [0.2, 0.25) is 0 Å². The Kier molecular flexibility index (Phi) is 5.09. The largest absolute Gasteiger partial charge is 0.370 e. The van der Waals surface area contributed by atoms with E-state index in [4.69, 9.17) is 14.7 Å². The van der Waals surface area contributed by atoms with Gasteiger partial charge in [-0.15, -0.1) is 22.7 Å². The number of hydrogen-bond donors (Lipinski definition) is 2. The molecule has 2 aliphatic rings. The van der Waals surface area contributed by atoms with E-state index in [1.807, 2.05) is 22.7 Å². The second-order valence-electron chi connectivity index (χ2n) is 7.32. The standard InChI is InChI=1S/C20H24N4OS2/c1-4-15-16(5-1)27-20-18(15)19(21-7-6-14-3-2-12-26-14)22-17(23-20)13-24-8-10-25-11-9-24/h2-3,12H,1,4-11,13H2,(H,21,22,23)/p+1. The van der Waals surface area contributed by atoms with Crippen molar-refractivity contribution in [2.45, 2.75) is 32.2 Å². The Balaban J connectivity index is 1.42. The fourth-order valence-corrected chi connectivity index (χ4v) is 6.06. The number of hydrogen-bond acceptors (Lipinski definition) is 6. The van der Waals surface area contributed by atoms with Crippen LogP contribution in [0.15, 0.2) is 17.5 Å². The van der Waals surface area contributed by atoms with Gasteiger partial charge in [-0.25, -0.2) is 9.97 Å². The maximum atomic E-state index is 5.49. The highest BCUT2D eigenvalue weighted by Crippen LogP contribution is 2.39. The second-order valence-corrected chi connectivity index (χ2v) is 9.44. The van der Waals surface area contributed by atoms with E-state index in [0.29, 0.717) is 0 Å². The third-order valence-electron chi connectivity index (χ3n) is 5.46. The molecule has 2 N–H and O–H groups in total. The highest BCUT2D eigenvalue weighted by molar-refractivity contribution is 7.19. The Morgan fingerprint density at radius 3 is 2.96 bits per heavy atom. The number of quaternary nitrogens is 1. The molecule has 0 amide bonds. The van der Waals surface area contributed by atoms with Gasteiger partial charge in [-0.05, 0) is 42.7 Å². The molecule has 0 aromatic carbocycles. The first-order valence-corrected chi connectivity index (χ1v) is 11.5. The van der Waals surface area contributed by atoms with Gasteiger partial charge in [0.1, 0.15) is 30.3 Å². The molecule has 4 heterocycles. The lowest BCUT2D eigenvalue weighted by Crippen LogP contribution is -3.12. The Morgan fingerprint density at radius 2 is 2.11 bits per heavy atom. The summed E-state index contributed by atoms with van der Waals surface area (Å²) >= 11 is 3.71. The first-order valence-electron chi connectivity index (χ1n) is 9.85. The van der Waals surface area contributed by atoms with Crippen LogP contribution in [0.3, 0.4) is 0 Å². The zero-order valence-corrected chi connectivity index (χ0v) is 17.1. The fraction of sp³-hybridized carbons (Fsp3) is 0.500. The van der Waals surface area contributed by atoms with Gasteiger partial charge in [-0.1, -0.05) is 6.07 Å². The SMILES string of the molecule is c1csc(CCNc2nc(C[NH+]3CCOCC3)nc3sc4c(c23)CCC4)c1. The molecule has 5 nitrogen and oxygen atoms in total. The van der Waals surface area contributed by atoms with Crippen molar-refractivity contribution in [3.63, 3.8) is 0 Å². The molecule has 1 aliphatic carbocycles. The lowest BCUT2D eigenvalue weighted by atomic mass is 10.2. The predicted molar refractivity (Wildman–Crippen MR) is 111 cm³/mol. The maximum absolute atomic E-state index is 5.49. The Bertz CT molecular complexity index is 916. The number of aryl methyl sites for hydroxylation is 2. The summed E-state index contributed by atoms with van der Waals surface area (Å²) in [6.07, 6.45) is 4.69. The summed E-state index contributed by atoms with van der Waals surface area (Å²) in [6, 6.07) is 4.33. The van der Waals surface area contributed by atoms with Crippen LogP contribution >= 0.6 is 22.7 Å². The molecule has 27 heavy (non-hydrogen) atoms. The van der Waals surface area contributed by atoms with Crippen molar-refractivity contribution in [2.24, 2.45) is 0 Å². The van der Waals surface area contributed by atoms with E-state index in [-0.39, 0.29) is 0 Å². The van der Waals surface area contributed by atoms with Gasteiger partial charge < -0.3 is 15.0 Å². The minimum absolute atomic E-state index is 0.844. The van der Waals surface area contributed by atoms with E-state index in [9.17, 15) is 0 Å². The highest BCUT2D eigenvalue weighted by Gasteiger charge is 2.24. The van der Waals surface area contributed by atoms with Gasteiger partial charge in [0.25, 0.3) is 0 Å². The molecule has 0 unspecified atom stereocenters. The van der Waals surface area contributed by atoms with Gasteiger partial charge in [0.2, 0.25) is 0 Å². The zero-order chi connectivity index (χ0) is 18.1. The first kappa shape index (κ1) is 17.6. The van der Waals surface area contributed by atoms with Crippen molar-refractivity contribution < 1.29 is 9.64 Å². The number of aromatic nitrogens is 2. The molecule has 0 bridgehead atoms. The summed E-state index contributed by atoms with van der Waals surface area (Å²) in [5.74, 6) is 2.02. The monoisotopic (exact) mass is 401 g/mol. The van der Waals surface area contributed by atoms with Crippen molar-refractivity contribution in [1.29, 1.82) is 0 Å². The van der Waals surface area contributed by atoms with E-state index >= 15 is 0 Å². The number of morpholine rings is 1. The summed E-state index contributed by atoms with van der Waals surface area (Å²) in [6.45, 7) is 5.59. The van der Waals surface area contributed by atoms with Gasteiger partial charge in [0, 0.05) is 16.3 Å². The lowest BCUT2D eigenvalue weighted by molar-refractivity contribution is -0.922. The van der Waals surface area contributed by atoms with E-state index in [1.165, 1.54) is 49.7 Å². The van der Waals surface area contributed by atoms with E-state index in [2.05, 4.69) is 22.8 Å². The van der Waals surface area contributed by atoms with Crippen molar-refractivity contribution in [1.82, 2.24) is 9.97 Å². The van der Waals surface area contributed by atoms with E-state index < -0.39 is 0 Å². The number of thiophene rings is 2. The molecule has 7 heteroatoms. The molecular formula is C20H25N4OS2+. The quantitative estimate of drug-likeness (QED) is 0.666. The molecule has 1 fully saturated rings. The van der Waals surface area contributed by atoms with Crippen LogP contribution in [0.1, 0.15) is 27.6 Å². The maximum Gasteiger partial charge on any atom is 0.187 e. The second kappa shape index (κ2) is 7.83. The van der Waals surface area contributed by atoms with Crippen molar-refractivity contribution in [3.05, 3.63) is 38.7 Å². The van der Waals surface area contributed by atoms with Crippen molar-refractivity contribution in [2.75, 3.05) is 38.2 Å². The van der Waals surface area contributed by atoms with Gasteiger partial charge in [0.05, 0.1) is 18.6 Å². The smallest absolute Gasteiger partial charge is 0.187 e. The van der Waals surface area contributed by atoms with Crippen LogP contribution < -0.4 is 10.2 Å². The van der Waals surface area contributed by atoms with Crippen LogP contribution in [0.25, 0.3) is 10.2 Å². The molecule has 0 saturated carbocycles. The molecule has 3 aromatic rings. The van der Waals surface area contributed by atoms with Crippen LogP contribution in [0.4, 0.5) is 5.82 Å². The van der Waals surface area contributed by atoms with Crippen molar-refractivity contribution >= 4 is 38.7 Å². The molecular weight excluding hydrogens is 376 g/mol. The molecule has 5 rings (SSSR count). The zero-order valence-electron chi connectivity index (χ0n) is 15.4. The number of nitrogens with zero attached hydrogens (tertiary/aromatic N) is 2. The predicted octanol–water partition coefficient (Wildman–Crippen LogP) is 2.31. The molecule has 1 aliphatic heterocycles. The molecule has 142 valence electrons. The molecule has 3 aromatic heterocycles. The molecule has 0 spiro atoms. The average molecular weight is 402 g/mol. The highest BCUT2D eigenvalue weighted by atomic mass is 32.1. The van der Waals surface area contributed by atoms with E-state index in [0.717, 1.165) is 57.5 Å². The average Bonchev–Trinajstić information content (AvgIpc) is 3.39. The van der Waals surface area contributed by atoms with Crippen LogP contribution in [0, 0.1) is 0 Å². The minimum Gasteiger partial charge on any atom is -0.370 e. The number of fused-ring (bicyclic) bond motifs is 3. The van der Waals surface area contributed by atoms with E-state index in [1.54, 1.807) is 0 Å². The summed E-state index contributed by atoms with van der Waals surface area (Å²) in [5, 5.41) is 7.08.